The quantitative estimate of drug-likeness (QED) is 0.904. The molecule has 3 nitrogen and oxygen atoms in total. The topological polar surface area (TPSA) is 34.1 Å². The van der Waals surface area contributed by atoms with Crippen LogP contribution < -0.4 is 10.1 Å². The molecule has 0 bridgehead atoms. The molecule has 0 spiro atoms. The highest BCUT2D eigenvalue weighted by Gasteiger charge is 2.20. The highest BCUT2D eigenvalue weighted by atomic mass is 35.5. The third-order valence-corrected chi connectivity index (χ3v) is 3.88. The molecule has 0 fully saturated rings. The van der Waals surface area contributed by atoms with Crippen molar-refractivity contribution in [2.24, 2.45) is 0 Å². The lowest BCUT2D eigenvalue weighted by molar-refractivity contribution is 0.411. The number of ether oxygens (including phenoxy) is 1. The first kappa shape index (κ1) is 15.8. The van der Waals surface area contributed by atoms with Crippen molar-refractivity contribution in [3.8, 4) is 5.75 Å². The molecule has 0 aliphatic rings. The summed E-state index contributed by atoms with van der Waals surface area (Å²) >= 11 is 6.33. The Bertz CT molecular complexity index is 628. The minimum absolute atomic E-state index is 0.0201. The van der Waals surface area contributed by atoms with E-state index in [2.05, 4.69) is 36.3 Å². The maximum atomic E-state index is 6.33. The van der Waals surface area contributed by atoms with Crippen molar-refractivity contribution in [3.05, 3.63) is 57.9 Å². The van der Waals surface area contributed by atoms with Gasteiger partial charge in [0.1, 0.15) is 5.75 Å². The summed E-state index contributed by atoms with van der Waals surface area (Å²) in [6.45, 7) is 7.04. The molecule has 1 N–H and O–H groups in total. The molecule has 0 saturated carbocycles. The molecule has 112 valence electrons. The number of methoxy groups -OCH3 is 1. The summed E-state index contributed by atoms with van der Waals surface area (Å²) in [5.74, 6) is 0.901. The van der Waals surface area contributed by atoms with E-state index in [1.54, 1.807) is 13.3 Å². The number of benzene rings is 1. The second-order valence-corrected chi connectivity index (χ2v) is 5.45. The molecule has 2 rings (SSSR count). The first-order valence-corrected chi connectivity index (χ1v) is 7.45. The van der Waals surface area contributed by atoms with Crippen molar-refractivity contribution < 1.29 is 4.74 Å². The van der Waals surface area contributed by atoms with Crippen LogP contribution in [0.25, 0.3) is 0 Å². The van der Waals surface area contributed by atoms with Gasteiger partial charge in [0.25, 0.3) is 0 Å². The number of halogens is 1. The fourth-order valence-electron chi connectivity index (χ4n) is 2.51. The molecule has 1 aromatic carbocycles. The molecule has 0 aliphatic heterocycles. The van der Waals surface area contributed by atoms with Crippen molar-refractivity contribution in [2.45, 2.75) is 26.8 Å². The highest BCUT2D eigenvalue weighted by Crippen LogP contribution is 2.32. The zero-order valence-electron chi connectivity index (χ0n) is 12.9. The molecular formula is C17H21ClN2O. The van der Waals surface area contributed by atoms with Gasteiger partial charge in [0.2, 0.25) is 0 Å². The Hall–Kier alpha value is -1.58. The van der Waals surface area contributed by atoms with Crippen LogP contribution in [0.5, 0.6) is 5.75 Å². The fraction of sp³-hybridized carbons (Fsp3) is 0.353. The van der Waals surface area contributed by atoms with Gasteiger partial charge in [0.15, 0.2) is 0 Å². The Kier molecular flexibility index (Phi) is 5.21. The van der Waals surface area contributed by atoms with Crippen LogP contribution in [-0.2, 0) is 0 Å². The van der Waals surface area contributed by atoms with E-state index in [1.165, 1.54) is 5.56 Å². The van der Waals surface area contributed by atoms with Crippen LogP contribution in [0, 0.1) is 13.8 Å². The second-order valence-electron chi connectivity index (χ2n) is 5.04. The molecule has 4 heteroatoms. The number of pyridine rings is 1. The van der Waals surface area contributed by atoms with Crippen molar-refractivity contribution in [3.63, 3.8) is 0 Å². The molecular weight excluding hydrogens is 284 g/mol. The highest BCUT2D eigenvalue weighted by molar-refractivity contribution is 6.31. The van der Waals surface area contributed by atoms with Crippen molar-refractivity contribution in [1.29, 1.82) is 0 Å². The molecule has 1 aromatic heterocycles. The minimum Gasteiger partial charge on any atom is -0.496 e. The van der Waals surface area contributed by atoms with Gasteiger partial charge in [0.05, 0.1) is 23.9 Å². The van der Waals surface area contributed by atoms with Gasteiger partial charge in [-0.3, -0.25) is 4.98 Å². The maximum absolute atomic E-state index is 6.33. The monoisotopic (exact) mass is 304 g/mol. The molecule has 0 saturated heterocycles. The van der Waals surface area contributed by atoms with Crippen LogP contribution in [0.1, 0.15) is 35.3 Å². The van der Waals surface area contributed by atoms with Gasteiger partial charge in [-0.25, -0.2) is 0 Å². The van der Waals surface area contributed by atoms with Crippen LogP contribution in [0.15, 0.2) is 30.5 Å². The fourth-order valence-corrected chi connectivity index (χ4v) is 2.74. The molecule has 1 atom stereocenters. The van der Waals surface area contributed by atoms with Gasteiger partial charge in [-0.1, -0.05) is 24.6 Å². The number of rotatable bonds is 5. The lowest BCUT2D eigenvalue weighted by Gasteiger charge is -2.22. The van der Waals surface area contributed by atoms with Crippen LogP contribution >= 0.6 is 11.6 Å². The van der Waals surface area contributed by atoms with E-state index in [9.17, 15) is 0 Å². The number of nitrogens with zero attached hydrogens (tertiary/aromatic N) is 1. The van der Waals surface area contributed by atoms with Gasteiger partial charge in [-0.05, 0) is 55.3 Å². The summed E-state index contributed by atoms with van der Waals surface area (Å²) in [6, 6.07) is 7.91. The minimum atomic E-state index is -0.0201. The SMILES string of the molecule is CCNC(c1cc(C)c(OC)cc1C)c1ncccc1Cl. The van der Waals surface area contributed by atoms with Crippen molar-refractivity contribution in [2.75, 3.05) is 13.7 Å². The largest absolute Gasteiger partial charge is 0.496 e. The Labute approximate surface area is 131 Å². The lowest BCUT2D eigenvalue weighted by Crippen LogP contribution is -2.24. The molecule has 21 heavy (non-hydrogen) atoms. The van der Waals surface area contributed by atoms with E-state index < -0.39 is 0 Å². The Morgan fingerprint density at radius 1 is 1.29 bits per heavy atom. The Morgan fingerprint density at radius 3 is 2.67 bits per heavy atom. The first-order valence-electron chi connectivity index (χ1n) is 7.07. The van der Waals surface area contributed by atoms with E-state index >= 15 is 0 Å². The summed E-state index contributed by atoms with van der Waals surface area (Å²) in [4.78, 5) is 4.46. The van der Waals surface area contributed by atoms with Gasteiger partial charge in [-0.2, -0.15) is 0 Å². The van der Waals surface area contributed by atoms with Gasteiger partial charge in [0, 0.05) is 6.20 Å². The zero-order chi connectivity index (χ0) is 15.4. The van der Waals surface area contributed by atoms with E-state index in [-0.39, 0.29) is 6.04 Å². The summed E-state index contributed by atoms with van der Waals surface area (Å²) in [6.07, 6.45) is 1.78. The molecule has 1 unspecified atom stereocenters. The van der Waals surface area contributed by atoms with Crippen LogP contribution in [0.3, 0.4) is 0 Å². The zero-order valence-corrected chi connectivity index (χ0v) is 13.7. The Morgan fingerprint density at radius 2 is 2.05 bits per heavy atom. The predicted molar refractivity (Wildman–Crippen MR) is 87.2 cm³/mol. The number of aromatic nitrogens is 1. The van der Waals surface area contributed by atoms with Crippen molar-refractivity contribution in [1.82, 2.24) is 10.3 Å². The van der Waals surface area contributed by atoms with Crippen LogP contribution in [0.4, 0.5) is 0 Å². The van der Waals surface area contributed by atoms with E-state index in [4.69, 9.17) is 16.3 Å². The van der Waals surface area contributed by atoms with E-state index in [1.807, 2.05) is 19.1 Å². The standard InChI is InChI=1S/C17H21ClN2O/c1-5-19-16(17-14(18)7-6-8-20-17)13-9-12(3)15(21-4)10-11(13)2/h6-10,16,19H,5H2,1-4H3. The lowest BCUT2D eigenvalue weighted by atomic mass is 9.95. The first-order chi connectivity index (χ1) is 10.1. The number of aryl methyl sites for hydroxylation is 2. The van der Waals surface area contributed by atoms with Crippen molar-refractivity contribution >= 4 is 11.6 Å². The Balaban J connectivity index is 2.53. The molecule has 1 heterocycles. The van der Waals surface area contributed by atoms with Gasteiger partial charge < -0.3 is 10.1 Å². The van der Waals surface area contributed by atoms with E-state index in [0.29, 0.717) is 5.02 Å². The average Bonchev–Trinajstić information content (AvgIpc) is 2.48. The third-order valence-electron chi connectivity index (χ3n) is 3.56. The summed E-state index contributed by atoms with van der Waals surface area (Å²) < 4.78 is 5.39. The van der Waals surface area contributed by atoms with Crippen LogP contribution in [-0.4, -0.2) is 18.6 Å². The molecule has 2 aromatic rings. The second kappa shape index (κ2) is 6.92. The number of hydrogen-bond acceptors (Lipinski definition) is 3. The van der Waals surface area contributed by atoms with E-state index in [0.717, 1.165) is 29.1 Å². The number of hydrogen-bond donors (Lipinski definition) is 1. The van der Waals surface area contributed by atoms with Gasteiger partial charge in [-0.15, -0.1) is 0 Å². The number of nitrogens with one attached hydrogen (secondary N) is 1. The molecule has 0 aliphatic carbocycles. The summed E-state index contributed by atoms with van der Waals surface area (Å²) in [5, 5.41) is 4.15. The normalized spacial score (nSPS) is 12.2. The summed E-state index contributed by atoms with van der Waals surface area (Å²) in [7, 11) is 1.69. The maximum Gasteiger partial charge on any atom is 0.122 e. The summed E-state index contributed by atoms with van der Waals surface area (Å²) in [5.41, 5.74) is 4.29. The third kappa shape index (κ3) is 3.36. The molecule has 0 amide bonds. The predicted octanol–water partition coefficient (Wildman–Crippen LogP) is 4.06. The smallest absolute Gasteiger partial charge is 0.122 e. The van der Waals surface area contributed by atoms with Gasteiger partial charge >= 0.3 is 0 Å². The average molecular weight is 305 g/mol. The molecule has 0 radical (unpaired) electrons. The van der Waals surface area contributed by atoms with Crippen LogP contribution in [0.2, 0.25) is 5.02 Å².